The van der Waals surface area contributed by atoms with Crippen LogP contribution in [-0.4, -0.2) is 114 Å². The second-order valence-electron chi connectivity index (χ2n) is 14.7. The first-order valence-corrected chi connectivity index (χ1v) is 18.4. The molecule has 11 heteroatoms. The Morgan fingerprint density at radius 3 is 2.33 bits per heavy atom. The molecule has 3 aliphatic heterocycles. The van der Waals surface area contributed by atoms with Crippen LogP contribution < -0.4 is 19.9 Å². The van der Waals surface area contributed by atoms with Gasteiger partial charge in [0.2, 0.25) is 11.9 Å². The quantitative estimate of drug-likeness (QED) is 0.411. The summed E-state index contributed by atoms with van der Waals surface area (Å²) in [5.41, 5.74) is 2.09. The van der Waals surface area contributed by atoms with Crippen LogP contribution in [0.15, 0.2) is 24.4 Å². The lowest BCUT2D eigenvalue weighted by Gasteiger charge is -2.42. The minimum absolute atomic E-state index is 0.0465. The van der Waals surface area contributed by atoms with E-state index in [1.165, 1.54) is 12.8 Å². The van der Waals surface area contributed by atoms with E-state index >= 15 is 0 Å². The van der Waals surface area contributed by atoms with Crippen molar-refractivity contribution in [3.63, 3.8) is 0 Å². The van der Waals surface area contributed by atoms with Gasteiger partial charge >= 0.3 is 0 Å². The fourth-order valence-electron chi connectivity index (χ4n) is 7.97. The Balaban J connectivity index is 1.23. The fraction of sp³-hybridized carbons (Fsp3) is 0.676. The van der Waals surface area contributed by atoms with E-state index in [0.29, 0.717) is 47.5 Å². The average molecular weight is 661 g/mol. The number of carbonyl (C=O) groups is 2. The van der Waals surface area contributed by atoms with Gasteiger partial charge in [-0.05, 0) is 84.5 Å². The number of nitrogens with zero attached hydrogens (tertiary/aromatic N) is 7. The predicted octanol–water partition coefficient (Wildman–Crippen LogP) is 5.53. The Kier molecular flexibility index (Phi) is 11.1. The number of piperidine rings is 1. The Hall–Kier alpha value is -3.44. The van der Waals surface area contributed by atoms with Gasteiger partial charge in [0.25, 0.3) is 5.91 Å². The summed E-state index contributed by atoms with van der Waals surface area (Å²) < 4.78 is 6.27. The number of aromatic nitrogens is 2. The van der Waals surface area contributed by atoms with Gasteiger partial charge in [-0.2, -0.15) is 4.98 Å². The molecule has 2 saturated heterocycles. The van der Waals surface area contributed by atoms with Crippen LogP contribution >= 0.6 is 0 Å². The van der Waals surface area contributed by atoms with E-state index in [2.05, 4.69) is 34.0 Å². The number of piperazine rings is 1. The molecule has 4 aliphatic rings. The van der Waals surface area contributed by atoms with Crippen molar-refractivity contribution in [1.82, 2.24) is 24.7 Å². The fourth-order valence-corrected chi connectivity index (χ4v) is 7.97. The molecular formula is C37H56N8O3. The SMILES string of the molecule is CC(C)Oc1cc(C(=O)N2CCC(N3CCN(C)CC3)CC2)ccc1Nc1ncc2c(n1)N(C1CCCC1)[C@@H](C)CCCCC(=O)N2C. The minimum Gasteiger partial charge on any atom is -0.489 e. The number of nitrogens with one attached hydrogen (secondary N) is 1. The molecule has 1 atom stereocenters. The summed E-state index contributed by atoms with van der Waals surface area (Å²) in [6.07, 6.45) is 11.9. The summed E-state index contributed by atoms with van der Waals surface area (Å²) in [6.45, 7) is 12.3. The van der Waals surface area contributed by atoms with E-state index in [0.717, 1.165) is 95.7 Å². The van der Waals surface area contributed by atoms with Gasteiger partial charge < -0.3 is 29.7 Å². The molecule has 0 spiro atoms. The Morgan fingerprint density at radius 2 is 1.62 bits per heavy atom. The third-order valence-corrected chi connectivity index (χ3v) is 10.8. The topological polar surface area (TPSA) is 97.4 Å². The lowest BCUT2D eigenvalue weighted by Crippen LogP contribution is -2.52. The molecule has 6 rings (SSSR count). The number of carbonyl (C=O) groups excluding carboxylic acids is 2. The molecule has 2 aromatic rings. The first kappa shape index (κ1) is 34.4. The first-order valence-electron chi connectivity index (χ1n) is 18.4. The van der Waals surface area contributed by atoms with Crippen molar-refractivity contribution < 1.29 is 14.3 Å². The highest BCUT2D eigenvalue weighted by Crippen LogP contribution is 2.38. The summed E-state index contributed by atoms with van der Waals surface area (Å²) in [4.78, 5) is 47.8. The van der Waals surface area contributed by atoms with Crippen LogP contribution in [-0.2, 0) is 4.79 Å². The molecule has 1 aromatic carbocycles. The monoisotopic (exact) mass is 660 g/mol. The second-order valence-corrected chi connectivity index (χ2v) is 14.7. The van der Waals surface area contributed by atoms with Gasteiger partial charge in [-0.15, -0.1) is 0 Å². The molecule has 1 aromatic heterocycles. The Bertz CT molecular complexity index is 1410. The summed E-state index contributed by atoms with van der Waals surface area (Å²) in [7, 11) is 4.03. The largest absolute Gasteiger partial charge is 0.489 e. The van der Waals surface area contributed by atoms with Gasteiger partial charge in [0.05, 0.1) is 18.0 Å². The number of likely N-dealkylation sites (N-methyl/N-ethyl adjacent to an activating group) is 1. The van der Waals surface area contributed by atoms with Crippen molar-refractivity contribution in [2.45, 2.75) is 109 Å². The molecule has 1 saturated carbocycles. The van der Waals surface area contributed by atoms with Crippen LogP contribution in [0.4, 0.5) is 23.1 Å². The molecule has 3 fully saturated rings. The average Bonchev–Trinajstić information content (AvgIpc) is 3.61. The van der Waals surface area contributed by atoms with Gasteiger partial charge in [-0.1, -0.05) is 19.3 Å². The van der Waals surface area contributed by atoms with E-state index in [4.69, 9.17) is 14.7 Å². The highest BCUT2D eigenvalue weighted by molar-refractivity contribution is 5.96. The van der Waals surface area contributed by atoms with Gasteiger partial charge in [-0.25, -0.2) is 4.98 Å². The molecule has 262 valence electrons. The van der Waals surface area contributed by atoms with Crippen LogP contribution in [0.2, 0.25) is 0 Å². The van der Waals surface area contributed by atoms with Crippen LogP contribution in [0.1, 0.15) is 95.3 Å². The molecule has 48 heavy (non-hydrogen) atoms. The number of rotatable bonds is 7. The second kappa shape index (κ2) is 15.4. The third kappa shape index (κ3) is 7.88. The van der Waals surface area contributed by atoms with Crippen LogP contribution in [0.25, 0.3) is 0 Å². The van der Waals surface area contributed by atoms with Gasteiger partial charge in [0.15, 0.2) is 5.82 Å². The summed E-state index contributed by atoms with van der Waals surface area (Å²) in [6, 6.07) is 6.89. The number of benzene rings is 1. The number of ether oxygens (including phenoxy) is 1. The van der Waals surface area contributed by atoms with Gasteiger partial charge in [0, 0.05) is 76.4 Å². The van der Waals surface area contributed by atoms with E-state index in [1.807, 2.05) is 44.0 Å². The van der Waals surface area contributed by atoms with Crippen molar-refractivity contribution in [2.24, 2.45) is 0 Å². The summed E-state index contributed by atoms with van der Waals surface area (Å²) >= 11 is 0. The van der Waals surface area contributed by atoms with E-state index < -0.39 is 0 Å². The van der Waals surface area contributed by atoms with Crippen molar-refractivity contribution in [1.29, 1.82) is 0 Å². The minimum atomic E-state index is -0.0852. The molecule has 0 bridgehead atoms. The van der Waals surface area contributed by atoms with E-state index in [9.17, 15) is 9.59 Å². The highest BCUT2D eigenvalue weighted by atomic mass is 16.5. The summed E-state index contributed by atoms with van der Waals surface area (Å²) in [5.74, 6) is 1.99. The Morgan fingerprint density at radius 1 is 0.917 bits per heavy atom. The lowest BCUT2D eigenvalue weighted by atomic mass is 10.0. The molecular weight excluding hydrogens is 604 g/mol. The smallest absolute Gasteiger partial charge is 0.253 e. The maximum atomic E-state index is 13.7. The van der Waals surface area contributed by atoms with Gasteiger partial charge in [0.1, 0.15) is 11.4 Å². The van der Waals surface area contributed by atoms with E-state index in [-0.39, 0.29) is 17.9 Å². The molecule has 1 N–H and O–H groups in total. The number of anilines is 4. The standard InChI is InChI=1S/C37H56N8O3/c1-26(2)48-33-24-28(36(47)44-18-16-29(17-19-44)43-22-20-41(4)21-23-43)14-15-31(33)39-37-38-25-32-35(40-37)45(30-11-7-8-12-30)27(3)10-6-9-13-34(46)42(32)5/h14-15,24-27,29-30H,6-13,16-23H2,1-5H3,(H,38,39,40)/t27-/m0/s1. The number of fused-ring (bicyclic) bond motifs is 1. The number of hydrogen-bond acceptors (Lipinski definition) is 9. The van der Waals surface area contributed by atoms with Gasteiger partial charge in [-0.3, -0.25) is 14.5 Å². The number of hydrogen-bond donors (Lipinski definition) is 1. The third-order valence-electron chi connectivity index (χ3n) is 10.8. The molecule has 4 heterocycles. The van der Waals surface area contributed by atoms with Crippen LogP contribution in [0, 0.1) is 0 Å². The zero-order valence-corrected chi connectivity index (χ0v) is 29.8. The van der Waals surface area contributed by atoms with Crippen LogP contribution in [0.5, 0.6) is 5.75 Å². The zero-order valence-electron chi connectivity index (χ0n) is 29.8. The molecule has 11 nitrogen and oxygen atoms in total. The lowest BCUT2D eigenvalue weighted by molar-refractivity contribution is -0.118. The molecule has 0 radical (unpaired) electrons. The molecule has 0 unspecified atom stereocenters. The maximum absolute atomic E-state index is 13.7. The first-order chi connectivity index (χ1) is 23.2. The van der Waals surface area contributed by atoms with Crippen LogP contribution in [0.3, 0.4) is 0 Å². The zero-order chi connectivity index (χ0) is 33.8. The Labute approximate surface area is 287 Å². The summed E-state index contributed by atoms with van der Waals surface area (Å²) in [5, 5.41) is 3.42. The number of likely N-dealkylation sites (tertiary alicyclic amines) is 1. The van der Waals surface area contributed by atoms with E-state index in [1.54, 1.807) is 11.1 Å². The number of amides is 2. The van der Waals surface area contributed by atoms with Crippen molar-refractivity contribution in [3.05, 3.63) is 30.0 Å². The normalized spacial score (nSPS) is 22.7. The molecule has 1 aliphatic carbocycles. The highest BCUT2D eigenvalue weighted by Gasteiger charge is 2.33. The van der Waals surface area contributed by atoms with Crippen molar-refractivity contribution >= 4 is 35.0 Å². The van der Waals surface area contributed by atoms with Crippen molar-refractivity contribution in [3.8, 4) is 5.75 Å². The maximum Gasteiger partial charge on any atom is 0.253 e. The predicted molar refractivity (Wildman–Crippen MR) is 192 cm³/mol. The molecule has 2 amide bonds. The van der Waals surface area contributed by atoms with Crippen molar-refractivity contribution in [2.75, 3.05) is 68.5 Å².